The molecule has 2 fully saturated rings. The molecule has 16 nitrogen and oxygen atoms in total. The van der Waals surface area contributed by atoms with E-state index in [1.165, 1.54) is 12.8 Å². The number of aliphatic hydroxyl groups is 2. The van der Waals surface area contributed by atoms with E-state index in [1.54, 1.807) is 0 Å². The second kappa shape index (κ2) is 40.4. The summed E-state index contributed by atoms with van der Waals surface area (Å²) in [6.07, 6.45) is 10.3. The summed E-state index contributed by atoms with van der Waals surface area (Å²) in [5.41, 5.74) is 3.75. The SMILES string of the molecule is CCC(C)C(C=O)NC(=O)OCc1ccccc1.CCC(C)C(CO)NC(=O)OCc1ccccc1.CCC(C)C(NC(=O)OCc1ccccc1)C(=O)C1CCCC1.CCC(C)C(NC(=O)OCc1ccccc1)C(O)C1CCCC1. The van der Waals surface area contributed by atoms with Gasteiger partial charge in [0.2, 0.25) is 0 Å². The van der Waals surface area contributed by atoms with Crippen LogP contribution in [0.4, 0.5) is 19.2 Å². The largest absolute Gasteiger partial charge is 0.445 e. The topological polar surface area (TPSA) is 228 Å². The molecule has 4 aromatic rings. The molecule has 0 spiro atoms. The van der Waals surface area contributed by atoms with E-state index in [2.05, 4.69) is 35.1 Å². The molecule has 0 bridgehead atoms. The number of Topliss-reactive ketones (excluding diaryl/α,β-unsaturated/α-hetero) is 1. The van der Waals surface area contributed by atoms with Gasteiger partial charge in [0.1, 0.15) is 32.7 Å². The van der Waals surface area contributed by atoms with Gasteiger partial charge in [-0.25, -0.2) is 19.2 Å². The lowest BCUT2D eigenvalue weighted by atomic mass is 9.86. The molecule has 0 saturated heterocycles. The molecule has 0 heterocycles. The van der Waals surface area contributed by atoms with E-state index in [0.29, 0.717) is 5.92 Å². The third-order valence-electron chi connectivity index (χ3n) is 15.7. The van der Waals surface area contributed by atoms with Crippen LogP contribution in [0.1, 0.15) is 155 Å². The molecule has 0 aromatic heterocycles. The third-order valence-corrected chi connectivity index (χ3v) is 15.7. The Morgan fingerprint density at radius 3 is 1.21 bits per heavy atom. The first-order valence-corrected chi connectivity index (χ1v) is 29.7. The minimum absolute atomic E-state index is 0.0740. The summed E-state index contributed by atoms with van der Waals surface area (Å²) >= 11 is 0. The van der Waals surface area contributed by atoms with Crippen LogP contribution in [0.5, 0.6) is 0 Å². The van der Waals surface area contributed by atoms with Gasteiger partial charge in [-0.05, 0) is 77.5 Å². The molecule has 6 N–H and O–H groups in total. The number of nitrogens with one attached hydrogen (secondary N) is 4. The fourth-order valence-corrected chi connectivity index (χ4v) is 9.43. The van der Waals surface area contributed by atoms with Gasteiger partial charge in [-0.1, -0.05) is 228 Å². The number of benzene rings is 4. The summed E-state index contributed by atoms with van der Waals surface area (Å²) in [6, 6.07) is 36.6. The monoisotopic (exact) mass is 1140 g/mol. The second-order valence-corrected chi connectivity index (χ2v) is 21.7. The first-order chi connectivity index (χ1) is 39.6. The molecule has 2 aliphatic carbocycles. The highest BCUT2D eigenvalue weighted by atomic mass is 16.6. The zero-order valence-corrected chi connectivity index (χ0v) is 50.0. The summed E-state index contributed by atoms with van der Waals surface area (Å²) in [5.74, 6) is 1.23. The molecule has 2 aliphatic rings. The Labute approximate surface area is 488 Å². The predicted octanol–water partition coefficient (Wildman–Crippen LogP) is 12.8. The lowest BCUT2D eigenvalue weighted by Gasteiger charge is -2.32. The molecule has 0 radical (unpaired) electrons. The number of carbonyl (C=O) groups excluding carboxylic acids is 6. The first-order valence-electron chi connectivity index (χ1n) is 29.7. The van der Waals surface area contributed by atoms with Gasteiger partial charge in [0.05, 0.1) is 36.9 Å². The second-order valence-electron chi connectivity index (χ2n) is 21.7. The number of hydrogen-bond acceptors (Lipinski definition) is 12. The number of carbonyl (C=O) groups is 6. The average Bonchev–Trinajstić information content (AvgIpc) is 4.36. The Morgan fingerprint density at radius 1 is 0.488 bits per heavy atom. The standard InChI is InChI=1S/C19H29NO3.C19H27NO3.C14H21NO3.C14H19NO3/c2*1-3-14(2)17(18(21)16-11-7-8-12-16)20-19(22)23-13-15-9-5-4-6-10-15;2*1-3-11(2)13(9-16)15-14(17)18-10-12-7-5-4-6-8-12/h4-6,9-10,14,16-18,21H,3,7-8,11-13H2,1-2H3,(H,20,22);4-6,9-10,14,16-17H,3,7-8,11-13H2,1-2H3,(H,20,22);4-8,11,13,16H,3,9-10H2,1-2H3,(H,15,17);4-9,11,13H,3,10H2,1-2H3,(H,15,17). The number of aldehydes is 1. The zero-order valence-electron chi connectivity index (χ0n) is 50.0. The molecular weight excluding hydrogens is 1040 g/mol. The highest BCUT2D eigenvalue weighted by Gasteiger charge is 2.35. The average molecular weight is 1140 g/mol. The van der Waals surface area contributed by atoms with Crippen molar-refractivity contribution < 1.29 is 57.9 Å². The van der Waals surface area contributed by atoms with Crippen molar-refractivity contribution in [1.82, 2.24) is 21.3 Å². The van der Waals surface area contributed by atoms with Crippen LogP contribution in [-0.4, -0.2) is 83.5 Å². The Bertz CT molecular complexity index is 2370. The molecule has 9 unspecified atom stereocenters. The van der Waals surface area contributed by atoms with Crippen LogP contribution < -0.4 is 21.3 Å². The summed E-state index contributed by atoms with van der Waals surface area (Å²) < 4.78 is 20.7. The van der Waals surface area contributed by atoms with Crippen molar-refractivity contribution in [2.45, 2.75) is 189 Å². The number of ether oxygens (including phenoxy) is 4. The van der Waals surface area contributed by atoms with Gasteiger partial charge in [-0.3, -0.25) is 4.79 Å². The van der Waals surface area contributed by atoms with Gasteiger partial charge in [0.25, 0.3) is 0 Å². The highest BCUT2D eigenvalue weighted by molar-refractivity contribution is 5.89. The summed E-state index contributed by atoms with van der Waals surface area (Å²) in [7, 11) is 0. The minimum atomic E-state index is -0.559. The quantitative estimate of drug-likeness (QED) is 0.0255. The smallest absolute Gasteiger partial charge is 0.408 e. The van der Waals surface area contributed by atoms with Crippen LogP contribution in [0, 0.1) is 35.5 Å². The maximum atomic E-state index is 12.7. The van der Waals surface area contributed by atoms with Crippen molar-refractivity contribution in [1.29, 1.82) is 0 Å². The number of amides is 4. The summed E-state index contributed by atoms with van der Waals surface area (Å²) in [4.78, 5) is 70.8. The maximum Gasteiger partial charge on any atom is 0.408 e. The Kier molecular flexibility index (Phi) is 34.3. The zero-order chi connectivity index (χ0) is 60.1. The van der Waals surface area contributed by atoms with E-state index in [0.717, 1.165) is 92.7 Å². The molecule has 6 rings (SSSR count). The predicted molar refractivity (Wildman–Crippen MR) is 320 cm³/mol. The van der Waals surface area contributed by atoms with Crippen molar-refractivity contribution in [2.24, 2.45) is 35.5 Å². The van der Waals surface area contributed by atoms with E-state index in [9.17, 15) is 39.0 Å². The third kappa shape index (κ3) is 26.9. The minimum Gasteiger partial charge on any atom is -0.445 e. The maximum absolute atomic E-state index is 12.7. The van der Waals surface area contributed by atoms with Crippen LogP contribution in [0.25, 0.3) is 0 Å². The lowest BCUT2D eigenvalue weighted by molar-refractivity contribution is -0.125. The molecule has 452 valence electrons. The van der Waals surface area contributed by atoms with Crippen molar-refractivity contribution in [2.75, 3.05) is 6.61 Å². The number of hydrogen-bond donors (Lipinski definition) is 6. The van der Waals surface area contributed by atoms with Crippen LogP contribution in [0.15, 0.2) is 121 Å². The molecule has 9 atom stereocenters. The summed E-state index contributed by atoms with van der Waals surface area (Å²) in [6.45, 7) is 16.9. The summed E-state index contributed by atoms with van der Waals surface area (Å²) in [5, 5.41) is 30.8. The first kappa shape index (κ1) is 69.5. The molecule has 4 amide bonds. The van der Waals surface area contributed by atoms with Crippen LogP contribution in [-0.2, 0) is 55.0 Å². The van der Waals surface area contributed by atoms with E-state index in [4.69, 9.17) is 18.9 Å². The molecular formula is C66H96N4O12. The Hall–Kier alpha value is -6.78. The van der Waals surface area contributed by atoms with Crippen molar-refractivity contribution >= 4 is 36.4 Å². The fraction of sp³-hybridized carbons (Fsp3) is 0.545. The molecule has 4 aromatic carbocycles. The lowest BCUT2D eigenvalue weighted by Crippen LogP contribution is -2.50. The molecule has 82 heavy (non-hydrogen) atoms. The van der Waals surface area contributed by atoms with E-state index in [-0.39, 0.29) is 80.5 Å². The van der Waals surface area contributed by atoms with Crippen LogP contribution >= 0.6 is 0 Å². The van der Waals surface area contributed by atoms with Crippen LogP contribution in [0.3, 0.4) is 0 Å². The molecule has 2 saturated carbocycles. The molecule has 0 aliphatic heterocycles. The van der Waals surface area contributed by atoms with E-state index >= 15 is 0 Å². The van der Waals surface area contributed by atoms with E-state index < -0.39 is 42.6 Å². The number of rotatable bonds is 26. The van der Waals surface area contributed by atoms with Crippen molar-refractivity contribution in [3.63, 3.8) is 0 Å². The number of alkyl carbamates (subject to hydrolysis) is 4. The van der Waals surface area contributed by atoms with Gasteiger partial charge >= 0.3 is 24.4 Å². The van der Waals surface area contributed by atoms with E-state index in [1.807, 2.05) is 163 Å². The number of ketones is 1. The van der Waals surface area contributed by atoms with Gasteiger partial charge in [0, 0.05) is 5.92 Å². The van der Waals surface area contributed by atoms with Crippen molar-refractivity contribution in [3.05, 3.63) is 144 Å². The Morgan fingerprint density at radius 2 is 0.841 bits per heavy atom. The van der Waals surface area contributed by atoms with Gasteiger partial charge in [-0.15, -0.1) is 0 Å². The Balaban J connectivity index is 0.000000289. The molecule has 16 heteroatoms. The normalized spacial score (nSPS) is 16.2. The van der Waals surface area contributed by atoms with Crippen LogP contribution in [0.2, 0.25) is 0 Å². The van der Waals surface area contributed by atoms with Gasteiger partial charge < -0.3 is 55.2 Å². The van der Waals surface area contributed by atoms with Gasteiger partial charge in [-0.2, -0.15) is 0 Å². The van der Waals surface area contributed by atoms with Crippen molar-refractivity contribution in [3.8, 4) is 0 Å². The van der Waals surface area contributed by atoms with Gasteiger partial charge in [0.15, 0.2) is 5.78 Å². The highest BCUT2D eigenvalue weighted by Crippen LogP contribution is 2.32. The fourth-order valence-electron chi connectivity index (χ4n) is 9.43. The number of aliphatic hydroxyl groups excluding tert-OH is 2.